The quantitative estimate of drug-likeness (QED) is 0.740. The second-order valence-corrected chi connectivity index (χ2v) is 5.16. The van der Waals surface area contributed by atoms with E-state index in [1.54, 1.807) is 0 Å². The molecule has 2 bridgehead atoms. The van der Waals surface area contributed by atoms with E-state index in [9.17, 15) is 4.79 Å². The van der Waals surface area contributed by atoms with Crippen molar-refractivity contribution in [2.24, 2.45) is 5.41 Å². The van der Waals surface area contributed by atoms with Crippen molar-refractivity contribution in [2.75, 3.05) is 32.1 Å². The first-order valence-electron chi connectivity index (χ1n) is 5.79. The average molecular weight is 231 g/mol. The number of carbonyl (C=O) groups is 1. The third kappa shape index (κ3) is 2.64. The van der Waals surface area contributed by atoms with Crippen molar-refractivity contribution in [3.63, 3.8) is 0 Å². The molecular formula is C11H19ClN2O. The fraction of sp³-hybridized carbons (Fsp3) is 0.909. The topological polar surface area (TPSA) is 32.3 Å². The molecule has 2 heterocycles. The van der Waals surface area contributed by atoms with Gasteiger partial charge in [-0.25, -0.2) is 0 Å². The van der Waals surface area contributed by atoms with E-state index >= 15 is 0 Å². The molecule has 0 saturated carbocycles. The molecule has 0 unspecified atom stereocenters. The lowest BCUT2D eigenvalue weighted by molar-refractivity contribution is -0.119. The molecule has 0 aromatic rings. The van der Waals surface area contributed by atoms with Crippen LogP contribution in [-0.4, -0.2) is 42.9 Å². The van der Waals surface area contributed by atoms with E-state index in [0.717, 1.165) is 13.1 Å². The molecule has 2 fully saturated rings. The van der Waals surface area contributed by atoms with Crippen molar-refractivity contribution < 1.29 is 4.79 Å². The molecule has 0 aromatic carbocycles. The summed E-state index contributed by atoms with van der Waals surface area (Å²) in [5.74, 6) is 0.0496. The third-order valence-corrected chi connectivity index (χ3v) is 3.95. The molecule has 2 aliphatic rings. The Balaban J connectivity index is 1.90. The summed E-state index contributed by atoms with van der Waals surface area (Å²) in [7, 11) is 0. The Morgan fingerprint density at radius 1 is 1.33 bits per heavy atom. The number of nitrogens with zero attached hydrogens (tertiary/aromatic N) is 1. The first kappa shape index (κ1) is 11.2. The second kappa shape index (κ2) is 4.71. The molecule has 2 aliphatic heterocycles. The Bertz CT molecular complexity index is 235. The first-order chi connectivity index (χ1) is 7.24. The van der Waals surface area contributed by atoms with Crippen LogP contribution in [0.25, 0.3) is 0 Å². The maximum atomic E-state index is 11.2. The summed E-state index contributed by atoms with van der Waals surface area (Å²) in [6.07, 6.45) is 5.06. The molecule has 2 saturated heterocycles. The Kier molecular flexibility index (Phi) is 3.52. The highest BCUT2D eigenvalue weighted by Crippen LogP contribution is 2.37. The van der Waals surface area contributed by atoms with Gasteiger partial charge >= 0.3 is 0 Å². The Hall–Kier alpha value is -0.280. The molecule has 1 amide bonds. The van der Waals surface area contributed by atoms with Crippen molar-refractivity contribution >= 4 is 17.5 Å². The van der Waals surface area contributed by atoms with Crippen LogP contribution in [0.2, 0.25) is 0 Å². The van der Waals surface area contributed by atoms with Gasteiger partial charge in [0.25, 0.3) is 0 Å². The van der Waals surface area contributed by atoms with E-state index in [4.69, 9.17) is 11.6 Å². The second-order valence-electron chi connectivity index (χ2n) is 4.89. The summed E-state index contributed by atoms with van der Waals surface area (Å²) in [4.78, 5) is 13.7. The standard InChI is InChI=1S/C11H19ClN2O/c12-7-10(15)13-8-11-3-1-5-14(9-11)6-2-4-11/h1-9H2,(H,13,15). The molecule has 0 atom stereocenters. The summed E-state index contributed by atoms with van der Waals surface area (Å²) in [6.45, 7) is 4.46. The van der Waals surface area contributed by atoms with Gasteiger partial charge in [0.15, 0.2) is 0 Å². The van der Waals surface area contributed by atoms with Gasteiger partial charge < -0.3 is 10.2 Å². The molecular weight excluding hydrogens is 212 g/mol. The number of hydrogen-bond donors (Lipinski definition) is 1. The summed E-state index contributed by atoms with van der Waals surface area (Å²) in [5, 5.41) is 2.95. The molecule has 0 radical (unpaired) electrons. The zero-order chi connectivity index (χ0) is 10.7. The highest BCUT2D eigenvalue weighted by atomic mass is 35.5. The molecule has 1 N–H and O–H groups in total. The monoisotopic (exact) mass is 230 g/mol. The summed E-state index contributed by atoms with van der Waals surface area (Å²) < 4.78 is 0. The lowest BCUT2D eigenvalue weighted by atomic mass is 9.73. The maximum Gasteiger partial charge on any atom is 0.234 e. The van der Waals surface area contributed by atoms with E-state index in [0.29, 0.717) is 5.41 Å². The van der Waals surface area contributed by atoms with Crippen molar-refractivity contribution in [2.45, 2.75) is 25.7 Å². The zero-order valence-electron chi connectivity index (χ0n) is 9.10. The van der Waals surface area contributed by atoms with Crippen LogP contribution < -0.4 is 5.32 Å². The first-order valence-corrected chi connectivity index (χ1v) is 6.33. The minimum atomic E-state index is -0.0336. The minimum absolute atomic E-state index is 0.0336. The largest absolute Gasteiger partial charge is 0.354 e. The summed E-state index contributed by atoms with van der Waals surface area (Å²) in [6, 6.07) is 0. The van der Waals surface area contributed by atoms with Crippen molar-refractivity contribution in [3.05, 3.63) is 0 Å². The van der Waals surface area contributed by atoms with Crippen molar-refractivity contribution in [3.8, 4) is 0 Å². The van der Waals surface area contributed by atoms with Gasteiger partial charge in [-0.15, -0.1) is 11.6 Å². The van der Waals surface area contributed by atoms with Crippen LogP contribution in [-0.2, 0) is 4.79 Å². The third-order valence-electron chi connectivity index (χ3n) is 3.70. The van der Waals surface area contributed by atoms with E-state index in [1.807, 2.05) is 0 Å². The Morgan fingerprint density at radius 2 is 2.00 bits per heavy atom. The molecule has 3 nitrogen and oxygen atoms in total. The zero-order valence-corrected chi connectivity index (χ0v) is 9.85. The van der Waals surface area contributed by atoms with Crippen LogP contribution in [0, 0.1) is 5.41 Å². The number of piperidine rings is 2. The van der Waals surface area contributed by atoms with Gasteiger partial charge in [-0.2, -0.15) is 0 Å². The number of alkyl halides is 1. The number of fused-ring (bicyclic) bond motifs is 2. The number of carbonyl (C=O) groups excluding carboxylic acids is 1. The van der Waals surface area contributed by atoms with Gasteiger partial charge in [0.1, 0.15) is 5.88 Å². The van der Waals surface area contributed by atoms with Crippen LogP contribution in [0.3, 0.4) is 0 Å². The van der Waals surface area contributed by atoms with Crippen molar-refractivity contribution in [1.82, 2.24) is 10.2 Å². The highest BCUT2D eigenvalue weighted by Gasteiger charge is 2.38. The molecule has 0 aliphatic carbocycles. The van der Waals surface area contributed by atoms with Crippen LogP contribution in [0.4, 0.5) is 0 Å². The van der Waals surface area contributed by atoms with Crippen LogP contribution in [0.1, 0.15) is 25.7 Å². The van der Waals surface area contributed by atoms with E-state index in [2.05, 4.69) is 10.2 Å². The molecule has 0 spiro atoms. The Labute approximate surface area is 96.2 Å². The minimum Gasteiger partial charge on any atom is -0.354 e. The summed E-state index contributed by atoms with van der Waals surface area (Å²) in [5.41, 5.74) is 0.345. The fourth-order valence-electron chi connectivity index (χ4n) is 2.95. The van der Waals surface area contributed by atoms with E-state index in [-0.39, 0.29) is 11.8 Å². The van der Waals surface area contributed by atoms with Gasteiger partial charge in [0, 0.05) is 18.5 Å². The fourth-order valence-corrected chi connectivity index (χ4v) is 3.04. The Morgan fingerprint density at radius 3 is 2.60 bits per heavy atom. The maximum absolute atomic E-state index is 11.2. The number of amides is 1. The van der Waals surface area contributed by atoms with Gasteiger partial charge in [-0.1, -0.05) is 0 Å². The predicted octanol–water partition coefficient (Wildman–Crippen LogP) is 1.22. The number of rotatable bonds is 3. The SMILES string of the molecule is O=C(CCl)NCC12CCCN(CCC1)C2. The summed E-state index contributed by atoms with van der Waals surface area (Å²) >= 11 is 5.48. The molecule has 15 heavy (non-hydrogen) atoms. The number of hydrogen-bond acceptors (Lipinski definition) is 2. The predicted molar refractivity (Wildman–Crippen MR) is 61.1 cm³/mol. The normalized spacial score (nSPS) is 34.9. The smallest absolute Gasteiger partial charge is 0.234 e. The highest BCUT2D eigenvalue weighted by molar-refractivity contribution is 6.27. The van der Waals surface area contributed by atoms with Gasteiger partial charge in [-0.3, -0.25) is 4.79 Å². The average Bonchev–Trinajstić information content (AvgIpc) is 2.26. The molecule has 0 aromatic heterocycles. The van der Waals surface area contributed by atoms with Gasteiger partial charge in [0.2, 0.25) is 5.91 Å². The van der Waals surface area contributed by atoms with Crippen LogP contribution in [0.5, 0.6) is 0 Å². The van der Waals surface area contributed by atoms with Crippen molar-refractivity contribution in [1.29, 1.82) is 0 Å². The lowest BCUT2D eigenvalue weighted by Crippen LogP contribution is -2.52. The van der Waals surface area contributed by atoms with Crippen LogP contribution in [0.15, 0.2) is 0 Å². The molecule has 2 rings (SSSR count). The van der Waals surface area contributed by atoms with Gasteiger partial charge in [-0.05, 0) is 38.8 Å². The number of halogens is 1. The number of nitrogens with one attached hydrogen (secondary N) is 1. The van der Waals surface area contributed by atoms with Gasteiger partial charge in [0.05, 0.1) is 0 Å². The van der Waals surface area contributed by atoms with Crippen LogP contribution >= 0.6 is 11.6 Å². The van der Waals surface area contributed by atoms with E-state index < -0.39 is 0 Å². The lowest BCUT2D eigenvalue weighted by Gasteiger charge is -2.47. The van der Waals surface area contributed by atoms with E-state index in [1.165, 1.54) is 38.8 Å². The molecule has 4 heteroatoms. The molecule has 86 valence electrons.